The van der Waals surface area contributed by atoms with Crippen LogP contribution in [-0.2, 0) is 11.3 Å². The van der Waals surface area contributed by atoms with Crippen molar-refractivity contribution in [2.75, 3.05) is 6.61 Å². The van der Waals surface area contributed by atoms with E-state index >= 15 is 0 Å². The number of aromatic nitrogens is 2. The minimum atomic E-state index is -0.424. The summed E-state index contributed by atoms with van der Waals surface area (Å²) in [5.74, 6) is 0.871. The smallest absolute Gasteiger partial charge is 0.338 e. The molecule has 3 aromatic rings. The highest BCUT2D eigenvalue weighted by Gasteiger charge is 2.15. The van der Waals surface area contributed by atoms with Crippen LogP contribution in [0.1, 0.15) is 28.7 Å². The Hall–Kier alpha value is -3.15. The van der Waals surface area contributed by atoms with E-state index in [9.17, 15) is 4.79 Å². The van der Waals surface area contributed by atoms with Crippen LogP contribution in [0.3, 0.4) is 0 Å². The fourth-order valence-electron chi connectivity index (χ4n) is 2.36. The van der Waals surface area contributed by atoms with Crippen molar-refractivity contribution in [2.24, 2.45) is 0 Å². The van der Waals surface area contributed by atoms with E-state index in [1.807, 2.05) is 50.2 Å². The van der Waals surface area contributed by atoms with Gasteiger partial charge >= 0.3 is 5.97 Å². The van der Waals surface area contributed by atoms with Crippen molar-refractivity contribution in [3.05, 3.63) is 65.5 Å². The van der Waals surface area contributed by atoms with Gasteiger partial charge in [0.2, 0.25) is 5.82 Å². The molecule has 128 valence electrons. The Labute approximate surface area is 145 Å². The molecule has 1 aromatic heterocycles. The van der Waals surface area contributed by atoms with Gasteiger partial charge in [0.1, 0.15) is 5.75 Å². The molecule has 0 aliphatic heterocycles. The molecule has 0 aliphatic carbocycles. The van der Waals surface area contributed by atoms with E-state index in [0.29, 0.717) is 23.7 Å². The van der Waals surface area contributed by atoms with Crippen molar-refractivity contribution in [1.82, 2.24) is 10.1 Å². The lowest BCUT2D eigenvalue weighted by atomic mass is 10.1. The summed E-state index contributed by atoms with van der Waals surface area (Å²) in [6.45, 7) is 4.21. The molecule has 1 heterocycles. The fourth-order valence-corrected chi connectivity index (χ4v) is 2.36. The van der Waals surface area contributed by atoms with Gasteiger partial charge in [0.05, 0.1) is 17.7 Å². The van der Waals surface area contributed by atoms with E-state index < -0.39 is 5.97 Å². The molecule has 0 amide bonds. The first-order valence-corrected chi connectivity index (χ1v) is 7.96. The molecule has 6 heteroatoms. The standard InChI is InChI=1S/C19H18N2O4/c1-3-23-16-11-7-6-10-15(16)18-20-17(25-21-18)12-24-19(22)14-9-5-4-8-13(14)2/h4-11H,3,12H2,1-2H3. The highest BCUT2D eigenvalue weighted by Crippen LogP contribution is 2.27. The lowest BCUT2D eigenvalue weighted by Gasteiger charge is -2.06. The Bertz CT molecular complexity index is 873. The summed E-state index contributed by atoms with van der Waals surface area (Å²) in [6, 6.07) is 14.7. The first-order chi connectivity index (χ1) is 12.2. The molecule has 0 unspecified atom stereocenters. The second-order valence-corrected chi connectivity index (χ2v) is 5.33. The monoisotopic (exact) mass is 338 g/mol. The summed E-state index contributed by atoms with van der Waals surface area (Å²) in [5, 5.41) is 3.94. The Morgan fingerprint density at radius 1 is 1.12 bits per heavy atom. The average molecular weight is 338 g/mol. The molecular weight excluding hydrogens is 320 g/mol. The van der Waals surface area contributed by atoms with E-state index in [1.54, 1.807) is 12.1 Å². The van der Waals surface area contributed by atoms with Gasteiger partial charge in [-0.1, -0.05) is 35.5 Å². The van der Waals surface area contributed by atoms with Gasteiger partial charge in [0.25, 0.3) is 5.89 Å². The maximum atomic E-state index is 12.1. The van der Waals surface area contributed by atoms with Crippen molar-refractivity contribution < 1.29 is 18.8 Å². The summed E-state index contributed by atoms with van der Waals surface area (Å²) in [7, 11) is 0. The Morgan fingerprint density at radius 3 is 2.68 bits per heavy atom. The SMILES string of the molecule is CCOc1ccccc1-c1noc(COC(=O)c2ccccc2C)n1. The molecular formula is C19H18N2O4. The van der Waals surface area contributed by atoms with Crippen molar-refractivity contribution in [3.63, 3.8) is 0 Å². The summed E-state index contributed by atoms with van der Waals surface area (Å²) in [4.78, 5) is 16.4. The van der Waals surface area contributed by atoms with Gasteiger partial charge in [-0.15, -0.1) is 0 Å². The van der Waals surface area contributed by atoms with Gasteiger partial charge in [0, 0.05) is 0 Å². The van der Waals surface area contributed by atoms with Crippen LogP contribution in [0.4, 0.5) is 0 Å². The number of hydrogen-bond donors (Lipinski definition) is 0. The van der Waals surface area contributed by atoms with E-state index in [4.69, 9.17) is 14.0 Å². The molecule has 0 saturated carbocycles. The van der Waals surface area contributed by atoms with E-state index in [2.05, 4.69) is 10.1 Å². The Balaban J connectivity index is 1.70. The maximum Gasteiger partial charge on any atom is 0.338 e. The molecule has 2 aromatic carbocycles. The second-order valence-electron chi connectivity index (χ2n) is 5.33. The first kappa shape index (κ1) is 16.7. The molecule has 0 bridgehead atoms. The zero-order valence-electron chi connectivity index (χ0n) is 14.1. The predicted octanol–water partition coefficient (Wildman–Crippen LogP) is 3.80. The van der Waals surface area contributed by atoms with Gasteiger partial charge in [-0.2, -0.15) is 4.98 Å². The van der Waals surface area contributed by atoms with Crippen LogP contribution in [0.25, 0.3) is 11.4 Å². The van der Waals surface area contributed by atoms with Crippen LogP contribution in [0.5, 0.6) is 5.75 Å². The summed E-state index contributed by atoms with van der Waals surface area (Å²) in [6.07, 6.45) is 0. The molecule has 0 radical (unpaired) electrons. The van der Waals surface area contributed by atoms with Crippen molar-refractivity contribution in [2.45, 2.75) is 20.5 Å². The quantitative estimate of drug-likeness (QED) is 0.636. The zero-order valence-corrected chi connectivity index (χ0v) is 14.1. The molecule has 0 atom stereocenters. The number of benzene rings is 2. The van der Waals surface area contributed by atoms with Crippen LogP contribution in [0, 0.1) is 6.92 Å². The summed E-state index contributed by atoms with van der Waals surface area (Å²) >= 11 is 0. The maximum absolute atomic E-state index is 12.1. The molecule has 0 aliphatic rings. The zero-order chi connectivity index (χ0) is 17.6. The van der Waals surface area contributed by atoms with Crippen LogP contribution in [0.15, 0.2) is 53.1 Å². The third-order valence-corrected chi connectivity index (χ3v) is 3.59. The van der Waals surface area contributed by atoms with Crippen LogP contribution < -0.4 is 4.74 Å². The summed E-state index contributed by atoms with van der Waals surface area (Å²) in [5.41, 5.74) is 2.10. The largest absolute Gasteiger partial charge is 0.493 e. The number of nitrogens with zero attached hydrogens (tertiary/aromatic N) is 2. The summed E-state index contributed by atoms with van der Waals surface area (Å²) < 4.78 is 16.0. The van der Waals surface area contributed by atoms with Crippen molar-refractivity contribution >= 4 is 5.97 Å². The minimum absolute atomic E-state index is 0.0863. The number of aryl methyl sites for hydroxylation is 1. The number of carbonyl (C=O) groups excluding carboxylic acids is 1. The van der Waals surface area contributed by atoms with Crippen molar-refractivity contribution in [3.8, 4) is 17.1 Å². The van der Waals surface area contributed by atoms with Gasteiger partial charge in [-0.05, 0) is 37.6 Å². The number of para-hydroxylation sites is 1. The molecule has 6 nitrogen and oxygen atoms in total. The lowest BCUT2D eigenvalue weighted by molar-refractivity contribution is 0.0429. The fraction of sp³-hybridized carbons (Fsp3) is 0.211. The Morgan fingerprint density at radius 2 is 1.88 bits per heavy atom. The lowest BCUT2D eigenvalue weighted by Crippen LogP contribution is -2.07. The highest BCUT2D eigenvalue weighted by molar-refractivity contribution is 5.90. The number of carbonyl (C=O) groups is 1. The molecule has 0 N–H and O–H groups in total. The molecule has 3 rings (SSSR count). The number of ether oxygens (including phenoxy) is 2. The van der Waals surface area contributed by atoms with Crippen LogP contribution in [-0.4, -0.2) is 22.7 Å². The molecule has 25 heavy (non-hydrogen) atoms. The normalized spacial score (nSPS) is 10.5. The van der Waals surface area contributed by atoms with E-state index in [1.165, 1.54) is 0 Å². The predicted molar refractivity (Wildman–Crippen MR) is 91.2 cm³/mol. The first-order valence-electron chi connectivity index (χ1n) is 7.96. The van der Waals surface area contributed by atoms with Crippen LogP contribution in [0.2, 0.25) is 0 Å². The molecule has 0 fully saturated rings. The second kappa shape index (κ2) is 7.61. The van der Waals surface area contributed by atoms with Gasteiger partial charge < -0.3 is 14.0 Å². The Kier molecular flexibility index (Phi) is 5.09. The number of rotatable bonds is 6. The third kappa shape index (κ3) is 3.85. The van der Waals surface area contributed by atoms with Gasteiger partial charge in [-0.3, -0.25) is 0 Å². The third-order valence-electron chi connectivity index (χ3n) is 3.59. The number of hydrogen-bond acceptors (Lipinski definition) is 6. The van der Waals surface area contributed by atoms with Crippen LogP contribution >= 0.6 is 0 Å². The average Bonchev–Trinajstić information content (AvgIpc) is 3.10. The van der Waals surface area contributed by atoms with Gasteiger partial charge in [-0.25, -0.2) is 4.79 Å². The highest BCUT2D eigenvalue weighted by atomic mass is 16.6. The molecule has 0 spiro atoms. The topological polar surface area (TPSA) is 74.5 Å². The molecule has 0 saturated heterocycles. The van der Waals surface area contributed by atoms with E-state index in [0.717, 1.165) is 11.1 Å². The van der Waals surface area contributed by atoms with E-state index in [-0.39, 0.29) is 12.5 Å². The number of esters is 1. The minimum Gasteiger partial charge on any atom is -0.493 e. The van der Waals surface area contributed by atoms with Crippen molar-refractivity contribution in [1.29, 1.82) is 0 Å². The van der Waals surface area contributed by atoms with Gasteiger partial charge in [0.15, 0.2) is 6.61 Å².